The lowest BCUT2D eigenvalue weighted by molar-refractivity contribution is -0.136. The highest BCUT2D eigenvalue weighted by Gasteiger charge is 2.32. The van der Waals surface area contributed by atoms with Gasteiger partial charge in [-0.25, -0.2) is 0 Å². The van der Waals surface area contributed by atoms with E-state index in [-0.39, 0.29) is 12.5 Å². The van der Waals surface area contributed by atoms with Crippen LogP contribution in [0, 0.1) is 0 Å². The number of nitrogens with two attached hydrogens (primary N) is 1. The molecule has 0 spiro atoms. The van der Waals surface area contributed by atoms with Gasteiger partial charge in [-0.15, -0.1) is 0 Å². The molecule has 0 heterocycles. The van der Waals surface area contributed by atoms with Crippen molar-refractivity contribution < 1.29 is 9.90 Å². The quantitative estimate of drug-likeness (QED) is 0.776. The molecule has 0 bridgehead atoms. The van der Waals surface area contributed by atoms with Crippen LogP contribution in [0.3, 0.4) is 0 Å². The van der Waals surface area contributed by atoms with Crippen molar-refractivity contribution in [3.8, 4) is 0 Å². The number of benzene rings is 1. The molecule has 0 aromatic heterocycles. The monoisotopic (exact) mass is 250 g/mol. The summed E-state index contributed by atoms with van der Waals surface area (Å²) in [6.07, 6.45) is 0. The minimum Gasteiger partial charge on any atom is -0.399 e. The average molecular weight is 250 g/mol. The maximum absolute atomic E-state index is 12.5. The van der Waals surface area contributed by atoms with Crippen LogP contribution >= 0.6 is 0 Å². The summed E-state index contributed by atoms with van der Waals surface area (Å²) >= 11 is 0. The van der Waals surface area contributed by atoms with E-state index in [0.29, 0.717) is 18.8 Å². The van der Waals surface area contributed by atoms with Gasteiger partial charge in [-0.05, 0) is 38.5 Å². The molecule has 4 heteroatoms. The van der Waals surface area contributed by atoms with Crippen molar-refractivity contribution in [2.45, 2.75) is 26.2 Å². The predicted octanol–water partition coefficient (Wildman–Crippen LogP) is 1.39. The number of likely N-dealkylation sites (N-methyl/N-ethyl adjacent to an activating group) is 1. The highest BCUT2D eigenvalue weighted by Crippen LogP contribution is 2.26. The molecule has 1 amide bonds. The second-order valence-electron chi connectivity index (χ2n) is 4.86. The zero-order valence-corrected chi connectivity index (χ0v) is 11.3. The Morgan fingerprint density at radius 3 is 2.33 bits per heavy atom. The summed E-state index contributed by atoms with van der Waals surface area (Å²) in [4.78, 5) is 14.1. The summed E-state index contributed by atoms with van der Waals surface area (Å²) in [6.45, 7) is 6.64. The first-order chi connectivity index (χ1) is 8.43. The minimum atomic E-state index is -0.612. The molecule has 1 aromatic carbocycles. The SMILES string of the molecule is CCN(CCO)C(=O)C(C)(C)c1ccc(N)cc1. The number of nitrogens with zero attached hydrogens (tertiary/aromatic N) is 1. The number of carbonyl (C=O) groups is 1. The largest absolute Gasteiger partial charge is 0.399 e. The number of aliphatic hydroxyl groups excluding tert-OH is 1. The van der Waals surface area contributed by atoms with Gasteiger partial charge in [0, 0.05) is 18.8 Å². The number of hydrogen-bond donors (Lipinski definition) is 2. The van der Waals surface area contributed by atoms with Gasteiger partial charge in [0.15, 0.2) is 0 Å². The van der Waals surface area contributed by atoms with E-state index in [1.54, 1.807) is 17.0 Å². The van der Waals surface area contributed by atoms with E-state index in [0.717, 1.165) is 5.56 Å². The Morgan fingerprint density at radius 2 is 1.89 bits per heavy atom. The summed E-state index contributed by atoms with van der Waals surface area (Å²) in [6, 6.07) is 7.35. The summed E-state index contributed by atoms with van der Waals surface area (Å²) in [5.74, 6) is 0.0174. The van der Waals surface area contributed by atoms with E-state index in [1.807, 2.05) is 32.9 Å². The van der Waals surface area contributed by atoms with Crippen molar-refractivity contribution in [2.75, 3.05) is 25.4 Å². The zero-order valence-electron chi connectivity index (χ0n) is 11.3. The molecule has 18 heavy (non-hydrogen) atoms. The van der Waals surface area contributed by atoms with E-state index >= 15 is 0 Å². The molecule has 0 aliphatic rings. The minimum absolute atomic E-state index is 0.0165. The van der Waals surface area contributed by atoms with Gasteiger partial charge >= 0.3 is 0 Å². The standard InChI is InChI=1S/C14H22N2O2/c1-4-16(9-10-17)13(18)14(2,3)11-5-7-12(15)8-6-11/h5-8,17H,4,9-10,15H2,1-3H3. The van der Waals surface area contributed by atoms with Gasteiger partial charge in [-0.3, -0.25) is 4.79 Å². The lowest BCUT2D eigenvalue weighted by atomic mass is 9.83. The molecule has 0 unspecified atom stereocenters. The van der Waals surface area contributed by atoms with Crippen molar-refractivity contribution >= 4 is 11.6 Å². The molecule has 1 rings (SSSR count). The second kappa shape index (κ2) is 5.87. The Kier molecular flexibility index (Phi) is 4.73. The summed E-state index contributed by atoms with van der Waals surface area (Å²) in [5, 5.41) is 8.98. The highest BCUT2D eigenvalue weighted by atomic mass is 16.3. The van der Waals surface area contributed by atoms with Crippen LogP contribution in [0.5, 0.6) is 0 Å². The Hall–Kier alpha value is -1.55. The van der Waals surface area contributed by atoms with E-state index in [1.165, 1.54) is 0 Å². The van der Waals surface area contributed by atoms with Crippen molar-refractivity contribution in [1.82, 2.24) is 4.90 Å². The fourth-order valence-electron chi connectivity index (χ4n) is 1.94. The average Bonchev–Trinajstić information content (AvgIpc) is 2.35. The van der Waals surface area contributed by atoms with Crippen molar-refractivity contribution in [3.05, 3.63) is 29.8 Å². The van der Waals surface area contributed by atoms with E-state index < -0.39 is 5.41 Å². The van der Waals surface area contributed by atoms with Crippen LogP contribution in [-0.4, -0.2) is 35.6 Å². The molecule has 0 aliphatic heterocycles. The summed E-state index contributed by atoms with van der Waals surface area (Å²) in [5.41, 5.74) is 6.65. The van der Waals surface area contributed by atoms with E-state index in [9.17, 15) is 4.79 Å². The first kappa shape index (κ1) is 14.5. The number of carbonyl (C=O) groups excluding carboxylic acids is 1. The predicted molar refractivity (Wildman–Crippen MR) is 73.2 cm³/mol. The Bertz CT molecular complexity index is 399. The van der Waals surface area contributed by atoms with Gasteiger partial charge in [0.1, 0.15) is 0 Å². The maximum atomic E-state index is 12.5. The van der Waals surface area contributed by atoms with Crippen LogP contribution in [0.25, 0.3) is 0 Å². The zero-order chi connectivity index (χ0) is 13.8. The van der Waals surface area contributed by atoms with Crippen LogP contribution in [0.4, 0.5) is 5.69 Å². The molecule has 0 saturated carbocycles. The first-order valence-corrected chi connectivity index (χ1v) is 6.19. The first-order valence-electron chi connectivity index (χ1n) is 6.19. The van der Waals surface area contributed by atoms with Gasteiger partial charge in [0.25, 0.3) is 0 Å². The highest BCUT2D eigenvalue weighted by molar-refractivity contribution is 5.87. The molecule has 0 atom stereocenters. The van der Waals surface area contributed by atoms with E-state index in [2.05, 4.69) is 0 Å². The van der Waals surface area contributed by atoms with Gasteiger partial charge in [-0.1, -0.05) is 12.1 Å². The van der Waals surface area contributed by atoms with Crippen LogP contribution in [0.1, 0.15) is 26.3 Å². The number of aliphatic hydroxyl groups is 1. The third kappa shape index (κ3) is 3.01. The molecule has 4 nitrogen and oxygen atoms in total. The van der Waals surface area contributed by atoms with Crippen molar-refractivity contribution in [3.63, 3.8) is 0 Å². The lowest BCUT2D eigenvalue weighted by Crippen LogP contribution is -2.44. The van der Waals surface area contributed by atoms with Crippen LogP contribution in [0.15, 0.2) is 24.3 Å². The molecular weight excluding hydrogens is 228 g/mol. The fraction of sp³-hybridized carbons (Fsp3) is 0.500. The van der Waals surface area contributed by atoms with Crippen LogP contribution in [0.2, 0.25) is 0 Å². The molecule has 0 saturated heterocycles. The number of anilines is 1. The normalized spacial score (nSPS) is 11.3. The van der Waals surface area contributed by atoms with Gasteiger partial charge in [0.2, 0.25) is 5.91 Å². The fourth-order valence-corrected chi connectivity index (χ4v) is 1.94. The lowest BCUT2D eigenvalue weighted by Gasteiger charge is -2.31. The smallest absolute Gasteiger partial charge is 0.232 e. The third-order valence-electron chi connectivity index (χ3n) is 3.21. The molecular formula is C14H22N2O2. The Labute approximate surface area is 108 Å². The molecule has 100 valence electrons. The Morgan fingerprint density at radius 1 is 1.33 bits per heavy atom. The van der Waals surface area contributed by atoms with Gasteiger partial charge in [-0.2, -0.15) is 0 Å². The molecule has 3 N–H and O–H groups in total. The topological polar surface area (TPSA) is 66.6 Å². The maximum Gasteiger partial charge on any atom is 0.232 e. The third-order valence-corrected chi connectivity index (χ3v) is 3.21. The molecule has 0 fully saturated rings. The molecule has 0 radical (unpaired) electrons. The van der Waals surface area contributed by atoms with Crippen molar-refractivity contribution in [2.24, 2.45) is 0 Å². The number of hydrogen-bond acceptors (Lipinski definition) is 3. The summed E-state index contributed by atoms with van der Waals surface area (Å²) in [7, 11) is 0. The van der Waals surface area contributed by atoms with Crippen LogP contribution in [-0.2, 0) is 10.2 Å². The van der Waals surface area contributed by atoms with Crippen LogP contribution < -0.4 is 5.73 Å². The second-order valence-corrected chi connectivity index (χ2v) is 4.86. The van der Waals surface area contributed by atoms with Gasteiger partial charge in [0.05, 0.1) is 12.0 Å². The number of nitrogen functional groups attached to an aromatic ring is 1. The molecule has 0 aliphatic carbocycles. The summed E-state index contributed by atoms with van der Waals surface area (Å²) < 4.78 is 0. The number of amides is 1. The van der Waals surface area contributed by atoms with Crippen molar-refractivity contribution in [1.29, 1.82) is 0 Å². The van der Waals surface area contributed by atoms with E-state index in [4.69, 9.17) is 10.8 Å². The van der Waals surface area contributed by atoms with Gasteiger partial charge < -0.3 is 15.7 Å². The molecule has 1 aromatic rings. The Balaban J connectivity index is 2.97. The number of rotatable bonds is 5.